The molecule has 1 fully saturated rings. The Labute approximate surface area is 113 Å². The van der Waals surface area contributed by atoms with Crippen LogP contribution in [-0.4, -0.2) is 27.6 Å². The Balaban J connectivity index is 2.04. The van der Waals surface area contributed by atoms with Gasteiger partial charge in [-0.15, -0.1) is 0 Å². The quantitative estimate of drug-likeness (QED) is 0.900. The Kier molecular flexibility index (Phi) is 2.97. The first-order chi connectivity index (χ1) is 9.11. The predicted octanol–water partition coefficient (Wildman–Crippen LogP) is 2.45. The molecule has 0 aromatic carbocycles. The van der Waals surface area contributed by atoms with Gasteiger partial charge in [0.1, 0.15) is 5.65 Å². The van der Waals surface area contributed by atoms with Crippen molar-refractivity contribution in [2.24, 2.45) is 5.41 Å². The Morgan fingerprint density at radius 3 is 2.95 bits per heavy atom. The van der Waals surface area contributed by atoms with Crippen molar-refractivity contribution < 1.29 is 5.11 Å². The highest BCUT2D eigenvalue weighted by Gasteiger charge is 2.29. The lowest BCUT2D eigenvalue weighted by atomic mass is 9.84. The van der Waals surface area contributed by atoms with Crippen LogP contribution in [-0.2, 0) is 6.61 Å². The van der Waals surface area contributed by atoms with Crippen LogP contribution in [0.15, 0.2) is 24.4 Å². The van der Waals surface area contributed by atoms with Crippen LogP contribution in [0.3, 0.4) is 0 Å². The van der Waals surface area contributed by atoms with Gasteiger partial charge >= 0.3 is 0 Å². The molecule has 0 aliphatic carbocycles. The highest BCUT2D eigenvalue weighted by Crippen LogP contribution is 2.33. The van der Waals surface area contributed by atoms with E-state index in [2.05, 4.69) is 18.7 Å². The van der Waals surface area contributed by atoms with Gasteiger partial charge in [-0.05, 0) is 30.4 Å². The summed E-state index contributed by atoms with van der Waals surface area (Å²) in [6.07, 6.45) is 4.41. The first-order valence-electron chi connectivity index (χ1n) is 6.92. The van der Waals surface area contributed by atoms with Crippen molar-refractivity contribution >= 4 is 11.5 Å². The molecule has 1 aliphatic rings. The molecule has 19 heavy (non-hydrogen) atoms. The fourth-order valence-corrected chi connectivity index (χ4v) is 3.04. The average Bonchev–Trinajstić information content (AvgIpc) is 2.76. The Morgan fingerprint density at radius 1 is 1.37 bits per heavy atom. The number of anilines is 1. The topological polar surface area (TPSA) is 40.8 Å². The van der Waals surface area contributed by atoms with Gasteiger partial charge in [0.25, 0.3) is 0 Å². The maximum Gasteiger partial charge on any atom is 0.153 e. The molecule has 102 valence electrons. The van der Waals surface area contributed by atoms with E-state index in [1.807, 2.05) is 28.8 Å². The first kappa shape index (κ1) is 12.5. The SMILES string of the molecule is CC1(C)CCCN(c2nc3ccccn3c2CO)C1. The average molecular weight is 259 g/mol. The molecule has 0 spiro atoms. The van der Waals surface area contributed by atoms with Gasteiger partial charge in [-0.3, -0.25) is 4.40 Å². The van der Waals surface area contributed by atoms with Gasteiger partial charge in [-0.25, -0.2) is 4.98 Å². The molecular weight excluding hydrogens is 238 g/mol. The van der Waals surface area contributed by atoms with E-state index in [4.69, 9.17) is 4.98 Å². The zero-order valence-corrected chi connectivity index (χ0v) is 11.6. The Hall–Kier alpha value is -1.55. The minimum absolute atomic E-state index is 0.0252. The summed E-state index contributed by atoms with van der Waals surface area (Å²) < 4.78 is 1.98. The molecule has 2 aromatic rings. The lowest BCUT2D eigenvalue weighted by molar-refractivity contribution is 0.271. The number of imidazole rings is 1. The number of hydrogen-bond acceptors (Lipinski definition) is 3. The molecule has 0 amide bonds. The summed E-state index contributed by atoms with van der Waals surface area (Å²) in [5.74, 6) is 0.946. The summed E-state index contributed by atoms with van der Waals surface area (Å²) in [6, 6.07) is 5.93. The molecule has 4 heteroatoms. The number of aromatic nitrogens is 2. The molecular formula is C15H21N3O. The summed E-state index contributed by atoms with van der Waals surface area (Å²) in [4.78, 5) is 7.02. The number of rotatable bonds is 2. The van der Waals surface area contributed by atoms with E-state index in [1.54, 1.807) is 0 Å². The summed E-state index contributed by atoms with van der Waals surface area (Å²) in [6.45, 7) is 6.66. The van der Waals surface area contributed by atoms with E-state index in [-0.39, 0.29) is 6.61 Å². The fourth-order valence-electron chi connectivity index (χ4n) is 3.04. The summed E-state index contributed by atoms with van der Waals surface area (Å²) in [5.41, 5.74) is 2.12. The van der Waals surface area contributed by atoms with E-state index < -0.39 is 0 Å². The van der Waals surface area contributed by atoms with Crippen LogP contribution in [0, 0.1) is 5.41 Å². The minimum Gasteiger partial charge on any atom is -0.390 e. The van der Waals surface area contributed by atoms with E-state index in [0.29, 0.717) is 5.41 Å². The number of nitrogens with zero attached hydrogens (tertiary/aromatic N) is 3. The van der Waals surface area contributed by atoms with E-state index >= 15 is 0 Å². The van der Waals surface area contributed by atoms with Gasteiger partial charge in [0.2, 0.25) is 0 Å². The zero-order chi connectivity index (χ0) is 13.5. The van der Waals surface area contributed by atoms with Gasteiger partial charge in [0.05, 0.1) is 12.3 Å². The zero-order valence-electron chi connectivity index (χ0n) is 11.6. The van der Waals surface area contributed by atoms with Crippen LogP contribution in [0.1, 0.15) is 32.4 Å². The summed E-state index contributed by atoms with van der Waals surface area (Å²) in [7, 11) is 0. The van der Waals surface area contributed by atoms with E-state index in [9.17, 15) is 5.11 Å². The third-order valence-corrected chi connectivity index (χ3v) is 3.96. The smallest absolute Gasteiger partial charge is 0.153 e. The Bertz CT molecular complexity index is 588. The predicted molar refractivity (Wildman–Crippen MR) is 76.3 cm³/mol. The van der Waals surface area contributed by atoms with Crippen molar-refractivity contribution in [3.8, 4) is 0 Å². The second kappa shape index (κ2) is 4.53. The minimum atomic E-state index is 0.0252. The van der Waals surface area contributed by atoms with Crippen molar-refractivity contribution in [2.45, 2.75) is 33.3 Å². The van der Waals surface area contributed by atoms with Gasteiger partial charge in [0, 0.05) is 19.3 Å². The summed E-state index contributed by atoms with van der Waals surface area (Å²) >= 11 is 0. The molecule has 4 nitrogen and oxygen atoms in total. The summed E-state index contributed by atoms with van der Waals surface area (Å²) in [5, 5.41) is 9.68. The number of aliphatic hydroxyl groups is 1. The second-order valence-corrected chi connectivity index (χ2v) is 6.16. The van der Waals surface area contributed by atoms with Crippen molar-refractivity contribution in [2.75, 3.05) is 18.0 Å². The van der Waals surface area contributed by atoms with Gasteiger partial charge in [-0.1, -0.05) is 19.9 Å². The molecule has 3 heterocycles. The molecule has 1 aliphatic heterocycles. The molecule has 0 saturated carbocycles. The van der Waals surface area contributed by atoms with Crippen LogP contribution in [0.2, 0.25) is 0 Å². The van der Waals surface area contributed by atoms with Crippen LogP contribution in [0.4, 0.5) is 5.82 Å². The van der Waals surface area contributed by atoms with Gasteiger partial charge < -0.3 is 10.0 Å². The molecule has 1 N–H and O–H groups in total. The fraction of sp³-hybridized carbons (Fsp3) is 0.533. The highest BCUT2D eigenvalue weighted by atomic mass is 16.3. The molecule has 0 bridgehead atoms. The lowest BCUT2D eigenvalue weighted by Crippen LogP contribution is -2.40. The largest absolute Gasteiger partial charge is 0.390 e. The van der Waals surface area contributed by atoms with Crippen LogP contribution < -0.4 is 4.90 Å². The van der Waals surface area contributed by atoms with Gasteiger partial charge in [-0.2, -0.15) is 0 Å². The number of hydrogen-bond donors (Lipinski definition) is 1. The molecule has 0 unspecified atom stereocenters. The molecule has 2 aromatic heterocycles. The molecule has 0 atom stereocenters. The monoisotopic (exact) mass is 259 g/mol. The van der Waals surface area contributed by atoms with Crippen LogP contribution in [0.5, 0.6) is 0 Å². The highest BCUT2D eigenvalue weighted by molar-refractivity contribution is 5.56. The normalized spacial score (nSPS) is 19.0. The third kappa shape index (κ3) is 2.21. The van der Waals surface area contributed by atoms with E-state index in [1.165, 1.54) is 12.8 Å². The second-order valence-electron chi connectivity index (χ2n) is 6.16. The maximum atomic E-state index is 9.68. The van der Waals surface area contributed by atoms with Crippen molar-refractivity contribution in [3.63, 3.8) is 0 Å². The van der Waals surface area contributed by atoms with Gasteiger partial charge in [0.15, 0.2) is 5.82 Å². The maximum absolute atomic E-state index is 9.68. The first-order valence-corrected chi connectivity index (χ1v) is 6.92. The van der Waals surface area contributed by atoms with Crippen molar-refractivity contribution in [1.82, 2.24) is 9.38 Å². The molecule has 3 rings (SSSR count). The number of aliphatic hydroxyl groups excluding tert-OH is 1. The number of pyridine rings is 1. The lowest BCUT2D eigenvalue weighted by Gasteiger charge is -2.38. The van der Waals surface area contributed by atoms with E-state index in [0.717, 1.165) is 30.2 Å². The third-order valence-electron chi connectivity index (χ3n) is 3.96. The number of piperidine rings is 1. The van der Waals surface area contributed by atoms with Crippen molar-refractivity contribution in [3.05, 3.63) is 30.1 Å². The van der Waals surface area contributed by atoms with Crippen LogP contribution in [0.25, 0.3) is 5.65 Å². The van der Waals surface area contributed by atoms with Crippen molar-refractivity contribution in [1.29, 1.82) is 0 Å². The number of fused-ring (bicyclic) bond motifs is 1. The molecule has 0 radical (unpaired) electrons. The Morgan fingerprint density at radius 2 is 2.21 bits per heavy atom. The van der Waals surface area contributed by atoms with Crippen LogP contribution >= 0.6 is 0 Å². The molecule has 1 saturated heterocycles. The standard InChI is InChI=1S/C15H21N3O/c1-15(2)7-5-8-17(11-15)14-12(10-19)18-9-4-3-6-13(18)16-14/h3-4,6,9,19H,5,7-8,10-11H2,1-2H3.